The second-order valence-electron chi connectivity index (χ2n) is 6.99. The Hall–Kier alpha value is -1.53. The van der Waals surface area contributed by atoms with Crippen LogP contribution < -0.4 is 0 Å². The highest BCUT2D eigenvalue weighted by atomic mass is 35.5. The highest BCUT2D eigenvalue weighted by Crippen LogP contribution is 2.26. The average Bonchev–Trinajstić information content (AvgIpc) is 3.02. The fourth-order valence-corrected chi connectivity index (χ4v) is 3.83. The van der Waals surface area contributed by atoms with Crippen LogP contribution >= 0.6 is 23.4 Å². The first kappa shape index (κ1) is 21.8. The van der Waals surface area contributed by atoms with Crippen LogP contribution in [0.15, 0.2) is 29.4 Å². The lowest BCUT2D eigenvalue weighted by atomic mass is 10.2. The van der Waals surface area contributed by atoms with Gasteiger partial charge in [0.15, 0.2) is 11.0 Å². The van der Waals surface area contributed by atoms with Crippen molar-refractivity contribution in [3.8, 4) is 11.4 Å². The number of amides is 1. The van der Waals surface area contributed by atoms with E-state index in [2.05, 4.69) is 42.5 Å². The summed E-state index contributed by atoms with van der Waals surface area (Å²) in [6, 6.07) is 7.62. The number of rotatable bonds is 10. The quantitative estimate of drug-likeness (QED) is 0.519. The minimum absolute atomic E-state index is 0.163. The van der Waals surface area contributed by atoms with E-state index < -0.39 is 0 Å². The van der Waals surface area contributed by atoms with Crippen molar-refractivity contribution in [2.75, 3.05) is 18.8 Å². The maximum Gasteiger partial charge on any atom is 0.233 e. The monoisotopic (exact) mass is 408 g/mol. The van der Waals surface area contributed by atoms with Gasteiger partial charge in [0.1, 0.15) is 0 Å². The molecule has 1 aromatic heterocycles. The Bertz CT molecular complexity index is 724. The lowest BCUT2D eigenvalue weighted by Gasteiger charge is -2.21. The lowest BCUT2D eigenvalue weighted by molar-refractivity contribution is -0.128. The smallest absolute Gasteiger partial charge is 0.233 e. The summed E-state index contributed by atoms with van der Waals surface area (Å²) in [5.74, 6) is 1.81. The Labute approximate surface area is 171 Å². The van der Waals surface area contributed by atoms with Gasteiger partial charge in [0.05, 0.1) is 5.75 Å². The van der Waals surface area contributed by atoms with Crippen LogP contribution in [0.1, 0.15) is 40.5 Å². The second-order valence-corrected chi connectivity index (χ2v) is 8.37. The average molecular weight is 409 g/mol. The van der Waals surface area contributed by atoms with Crippen molar-refractivity contribution in [3.05, 3.63) is 29.3 Å². The minimum atomic E-state index is 0.163. The summed E-state index contributed by atoms with van der Waals surface area (Å²) >= 11 is 7.47. The molecule has 0 bridgehead atoms. The number of hydrogen-bond acceptors (Lipinski definition) is 4. The Morgan fingerprint density at radius 1 is 1.15 bits per heavy atom. The predicted molar refractivity (Wildman–Crippen MR) is 113 cm³/mol. The maximum absolute atomic E-state index is 12.6. The van der Waals surface area contributed by atoms with Gasteiger partial charge in [-0.05, 0) is 43.0 Å². The third-order valence-corrected chi connectivity index (χ3v) is 5.23. The molecule has 0 N–H and O–H groups in total. The molecule has 7 heteroatoms. The molecule has 0 aliphatic carbocycles. The number of hydrogen-bond donors (Lipinski definition) is 0. The normalized spacial score (nSPS) is 11.2. The van der Waals surface area contributed by atoms with Gasteiger partial charge in [-0.25, -0.2) is 0 Å². The predicted octanol–water partition coefficient (Wildman–Crippen LogP) is 5.00. The number of carbonyl (C=O) groups is 1. The number of aromatic nitrogens is 3. The van der Waals surface area contributed by atoms with Gasteiger partial charge < -0.3 is 9.47 Å². The van der Waals surface area contributed by atoms with Crippen molar-refractivity contribution >= 4 is 29.3 Å². The molecular weight excluding hydrogens is 380 g/mol. The van der Waals surface area contributed by atoms with E-state index in [4.69, 9.17) is 11.6 Å². The summed E-state index contributed by atoms with van der Waals surface area (Å²) in [5.41, 5.74) is 0.976. The van der Waals surface area contributed by atoms with E-state index in [-0.39, 0.29) is 5.91 Å². The molecule has 0 aliphatic heterocycles. The van der Waals surface area contributed by atoms with Crippen LogP contribution in [0.5, 0.6) is 0 Å². The van der Waals surface area contributed by atoms with Gasteiger partial charge in [-0.2, -0.15) is 0 Å². The molecule has 2 rings (SSSR count). The fourth-order valence-electron chi connectivity index (χ4n) is 2.86. The molecule has 0 atom stereocenters. The summed E-state index contributed by atoms with van der Waals surface area (Å²) in [4.78, 5) is 14.5. The molecule has 2 aromatic rings. The van der Waals surface area contributed by atoms with Crippen LogP contribution in [0.3, 0.4) is 0 Å². The van der Waals surface area contributed by atoms with Gasteiger partial charge in [0.25, 0.3) is 0 Å². The molecule has 0 unspecified atom stereocenters. The molecule has 1 aromatic carbocycles. The van der Waals surface area contributed by atoms with Crippen LogP contribution in [0.4, 0.5) is 0 Å². The van der Waals surface area contributed by atoms with Gasteiger partial charge >= 0.3 is 0 Å². The molecule has 0 saturated heterocycles. The number of halogens is 1. The van der Waals surface area contributed by atoms with Gasteiger partial charge in [-0.3, -0.25) is 4.79 Å². The molecule has 1 amide bonds. The molecule has 0 aliphatic rings. The number of thioether (sulfide) groups is 1. The van der Waals surface area contributed by atoms with Crippen LogP contribution in [0.2, 0.25) is 5.02 Å². The van der Waals surface area contributed by atoms with Crippen molar-refractivity contribution in [2.45, 2.75) is 52.2 Å². The molecule has 0 saturated carbocycles. The van der Waals surface area contributed by atoms with Gasteiger partial charge in [0, 0.05) is 30.2 Å². The first-order valence-electron chi connectivity index (χ1n) is 9.55. The largest absolute Gasteiger partial charge is 0.342 e. The Morgan fingerprint density at radius 2 is 1.78 bits per heavy atom. The third-order valence-electron chi connectivity index (χ3n) is 4.03. The van der Waals surface area contributed by atoms with E-state index in [1.165, 1.54) is 11.8 Å². The van der Waals surface area contributed by atoms with E-state index in [0.29, 0.717) is 16.7 Å². The van der Waals surface area contributed by atoms with Crippen molar-refractivity contribution in [1.29, 1.82) is 0 Å². The fraction of sp³-hybridized carbons (Fsp3) is 0.550. The van der Waals surface area contributed by atoms with Gasteiger partial charge in [-0.1, -0.05) is 51.1 Å². The Morgan fingerprint density at radius 3 is 2.33 bits per heavy atom. The summed E-state index contributed by atoms with van der Waals surface area (Å²) in [5, 5.41) is 10.2. The summed E-state index contributed by atoms with van der Waals surface area (Å²) in [6.45, 7) is 10.9. The maximum atomic E-state index is 12.6. The molecule has 0 spiro atoms. The molecular formula is C20H29ClN4OS. The zero-order valence-electron chi connectivity index (χ0n) is 16.6. The Balaban J connectivity index is 2.18. The van der Waals surface area contributed by atoms with Crippen molar-refractivity contribution in [1.82, 2.24) is 19.7 Å². The SMILES string of the molecule is CCCN(CCC)C(=O)CSc1nnc(-c2ccc(Cl)cc2)n1CC(C)C. The summed E-state index contributed by atoms with van der Waals surface area (Å²) in [6.07, 6.45) is 1.95. The molecule has 1 heterocycles. The second kappa shape index (κ2) is 10.7. The molecule has 0 fully saturated rings. The first-order chi connectivity index (χ1) is 13.0. The Kier molecular flexibility index (Phi) is 8.64. The van der Waals surface area contributed by atoms with Crippen LogP contribution in [0.25, 0.3) is 11.4 Å². The van der Waals surface area contributed by atoms with Crippen LogP contribution in [0, 0.1) is 5.92 Å². The molecule has 148 valence electrons. The van der Waals surface area contributed by atoms with Crippen molar-refractivity contribution in [3.63, 3.8) is 0 Å². The van der Waals surface area contributed by atoms with Crippen molar-refractivity contribution < 1.29 is 4.79 Å². The van der Waals surface area contributed by atoms with Crippen molar-refractivity contribution in [2.24, 2.45) is 5.92 Å². The first-order valence-corrected chi connectivity index (χ1v) is 10.9. The highest BCUT2D eigenvalue weighted by Gasteiger charge is 2.18. The minimum Gasteiger partial charge on any atom is -0.342 e. The standard InChI is InChI=1S/C20H29ClN4OS/c1-5-11-24(12-6-2)18(26)14-27-20-23-22-19(25(20)13-15(3)4)16-7-9-17(21)10-8-16/h7-10,15H,5-6,11-14H2,1-4H3. The third kappa shape index (κ3) is 6.25. The summed E-state index contributed by atoms with van der Waals surface area (Å²) < 4.78 is 2.11. The van der Waals surface area contributed by atoms with E-state index in [1.807, 2.05) is 29.2 Å². The number of nitrogens with zero attached hydrogens (tertiary/aromatic N) is 4. The van der Waals surface area contributed by atoms with Crippen LogP contribution in [-0.4, -0.2) is 44.4 Å². The number of carbonyl (C=O) groups excluding carboxylic acids is 1. The zero-order chi connectivity index (χ0) is 19.8. The van der Waals surface area contributed by atoms with Gasteiger partial charge in [-0.15, -0.1) is 10.2 Å². The molecule has 0 radical (unpaired) electrons. The van der Waals surface area contributed by atoms with Crippen LogP contribution in [-0.2, 0) is 11.3 Å². The highest BCUT2D eigenvalue weighted by molar-refractivity contribution is 7.99. The lowest BCUT2D eigenvalue weighted by Crippen LogP contribution is -2.33. The summed E-state index contributed by atoms with van der Waals surface area (Å²) in [7, 11) is 0. The molecule has 5 nitrogen and oxygen atoms in total. The zero-order valence-corrected chi connectivity index (χ0v) is 18.2. The van der Waals surface area contributed by atoms with Gasteiger partial charge in [0.2, 0.25) is 5.91 Å². The van der Waals surface area contributed by atoms with E-state index in [9.17, 15) is 4.79 Å². The topological polar surface area (TPSA) is 51.0 Å². The number of benzene rings is 1. The van der Waals surface area contributed by atoms with E-state index in [0.717, 1.165) is 49.0 Å². The van der Waals surface area contributed by atoms with E-state index in [1.54, 1.807) is 0 Å². The molecule has 27 heavy (non-hydrogen) atoms. The van der Waals surface area contributed by atoms with E-state index >= 15 is 0 Å².